The van der Waals surface area contributed by atoms with Crippen LogP contribution >= 0.6 is 11.6 Å². The van der Waals surface area contributed by atoms with Crippen molar-refractivity contribution in [2.75, 3.05) is 26.1 Å². The van der Waals surface area contributed by atoms with E-state index in [4.69, 9.17) is 16.3 Å². The van der Waals surface area contributed by atoms with Gasteiger partial charge >= 0.3 is 5.97 Å². The Balaban J connectivity index is 0.000000216. The van der Waals surface area contributed by atoms with Gasteiger partial charge in [0, 0.05) is 23.8 Å². The fraction of sp³-hybridized carbons (Fsp3) is 0.280. The van der Waals surface area contributed by atoms with Crippen LogP contribution in [0.25, 0.3) is 11.1 Å². The number of aromatic nitrogens is 1. The number of carbonyl (C=O) groups is 1. The van der Waals surface area contributed by atoms with Crippen LogP contribution in [0.3, 0.4) is 0 Å². The maximum Gasteiger partial charge on any atom is 0.340 e. The van der Waals surface area contributed by atoms with E-state index in [-0.39, 0.29) is 5.97 Å². The Morgan fingerprint density at radius 3 is 2.65 bits per heavy atom. The molecular weight excluding hydrogens is 412 g/mol. The van der Waals surface area contributed by atoms with Crippen molar-refractivity contribution >= 4 is 23.3 Å². The van der Waals surface area contributed by atoms with Gasteiger partial charge in [0.2, 0.25) is 0 Å². The molecule has 1 N–H and O–H groups in total. The van der Waals surface area contributed by atoms with E-state index in [1.807, 2.05) is 38.1 Å². The number of rotatable bonds is 3. The number of nitrogens with zero attached hydrogens (tertiary/aromatic N) is 1. The maximum atomic E-state index is 11.1. The number of anilines is 1. The van der Waals surface area contributed by atoms with Crippen molar-refractivity contribution < 1.29 is 14.3 Å². The van der Waals surface area contributed by atoms with Crippen LogP contribution in [0.4, 0.5) is 5.69 Å². The normalized spacial score (nSPS) is 11.4. The first-order chi connectivity index (χ1) is 15.1. The molecule has 0 saturated heterocycles. The van der Waals surface area contributed by atoms with Crippen molar-refractivity contribution in [3.63, 3.8) is 0 Å². The molecule has 1 aliphatic heterocycles. The molecule has 0 fully saturated rings. The Kier molecular flexibility index (Phi) is 9.85. The Hall–Kier alpha value is -3.05. The summed E-state index contributed by atoms with van der Waals surface area (Å²) in [5, 5.41) is 3.63. The van der Waals surface area contributed by atoms with E-state index in [1.54, 1.807) is 25.5 Å². The minimum absolute atomic E-state index is 0.359. The van der Waals surface area contributed by atoms with Gasteiger partial charge in [-0.25, -0.2) is 4.79 Å². The molecule has 1 aromatic heterocycles. The van der Waals surface area contributed by atoms with Crippen molar-refractivity contribution in [1.82, 2.24) is 4.98 Å². The molecule has 0 bridgehead atoms. The molecule has 6 heteroatoms. The van der Waals surface area contributed by atoms with Crippen LogP contribution in [-0.2, 0) is 11.2 Å². The first-order valence-corrected chi connectivity index (χ1v) is 10.7. The summed E-state index contributed by atoms with van der Waals surface area (Å²) in [6, 6.07) is 15.9. The molecule has 31 heavy (non-hydrogen) atoms. The summed E-state index contributed by atoms with van der Waals surface area (Å²) >= 11 is 6.20. The lowest BCUT2D eigenvalue weighted by molar-refractivity contribution is 0.0601. The molecule has 0 atom stereocenters. The monoisotopic (exact) mass is 440 g/mol. The number of nitrogens with one attached hydrogen (secondary N) is 1. The van der Waals surface area contributed by atoms with Crippen LogP contribution in [0, 0.1) is 0 Å². The van der Waals surface area contributed by atoms with Gasteiger partial charge in [0.05, 0.1) is 31.2 Å². The van der Waals surface area contributed by atoms with E-state index < -0.39 is 0 Å². The molecule has 0 saturated carbocycles. The SMILES string of the molecule is CC.CNc1cnccc1C(=O)OC.Clc1ccccc1-c1ccc2c(c1)OCCC2. The molecule has 3 aromatic rings. The summed E-state index contributed by atoms with van der Waals surface area (Å²) in [6.45, 7) is 4.82. The number of hydrogen-bond acceptors (Lipinski definition) is 5. The van der Waals surface area contributed by atoms with Crippen molar-refractivity contribution in [2.45, 2.75) is 26.7 Å². The molecule has 0 unspecified atom stereocenters. The van der Waals surface area contributed by atoms with E-state index in [0.717, 1.165) is 41.3 Å². The van der Waals surface area contributed by atoms with Crippen molar-refractivity contribution in [2.24, 2.45) is 0 Å². The van der Waals surface area contributed by atoms with Gasteiger partial charge in [-0.05, 0) is 42.2 Å². The first-order valence-electron chi connectivity index (χ1n) is 10.3. The molecule has 4 rings (SSSR count). The van der Waals surface area contributed by atoms with Gasteiger partial charge in [0.1, 0.15) is 5.75 Å². The van der Waals surface area contributed by atoms with E-state index in [9.17, 15) is 4.79 Å². The number of methoxy groups -OCH3 is 1. The van der Waals surface area contributed by atoms with Crippen LogP contribution in [0.2, 0.25) is 5.02 Å². The van der Waals surface area contributed by atoms with Gasteiger partial charge in [0.25, 0.3) is 0 Å². The smallest absolute Gasteiger partial charge is 0.340 e. The minimum Gasteiger partial charge on any atom is -0.493 e. The molecule has 0 radical (unpaired) electrons. The number of ether oxygens (including phenoxy) is 2. The van der Waals surface area contributed by atoms with Gasteiger partial charge in [-0.2, -0.15) is 0 Å². The van der Waals surface area contributed by atoms with Gasteiger partial charge in [-0.15, -0.1) is 0 Å². The Bertz CT molecular complexity index is 992. The number of carbonyl (C=O) groups excluding carboxylic acids is 1. The number of aryl methyl sites for hydroxylation is 1. The molecule has 1 aliphatic rings. The summed E-state index contributed by atoms with van der Waals surface area (Å²) in [4.78, 5) is 15.0. The predicted molar refractivity (Wildman–Crippen MR) is 127 cm³/mol. The average Bonchev–Trinajstić information content (AvgIpc) is 2.85. The summed E-state index contributed by atoms with van der Waals surface area (Å²) in [7, 11) is 3.08. The van der Waals surface area contributed by atoms with Crippen molar-refractivity contribution in [3.8, 4) is 16.9 Å². The third kappa shape index (κ3) is 6.46. The quantitative estimate of drug-likeness (QED) is 0.486. The van der Waals surface area contributed by atoms with Gasteiger partial charge in [-0.3, -0.25) is 4.98 Å². The van der Waals surface area contributed by atoms with E-state index in [1.165, 1.54) is 12.7 Å². The number of fused-ring (bicyclic) bond motifs is 1. The second-order valence-electron chi connectivity index (χ2n) is 6.42. The molecule has 0 aliphatic carbocycles. The van der Waals surface area contributed by atoms with Crippen molar-refractivity contribution in [3.05, 3.63) is 77.1 Å². The molecular formula is C25H29ClN2O3. The second-order valence-corrected chi connectivity index (χ2v) is 6.82. The Labute approximate surface area is 189 Å². The molecule has 2 heterocycles. The number of halogens is 1. The van der Waals surface area contributed by atoms with E-state index in [2.05, 4.69) is 33.2 Å². The zero-order chi connectivity index (χ0) is 22.6. The van der Waals surface area contributed by atoms with Crippen LogP contribution < -0.4 is 10.1 Å². The zero-order valence-electron chi connectivity index (χ0n) is 18.4. The highest BCUT2D eigenvalue weighted by molar-refractivity contribution is 6.33. The molecule has 5 nitrogen and oxygen atoms in total. The topological polar surface area (TPSA) is 60.5 Å². The fourth-order valence-electron chi connectivity index (χ4n) is 3.08. The fourth-order valence-corrected chi connectivity index (χ4v) is 3.33. The van der Waals surface area contributed by atoms with E-state index in [0.29, 0.717) is 11.3 Å². The molecule has 0 amide bonds. The van der Waals surface area contributed by atoms with E-state index >= 15 is 0 Å². The standard InChI is InChI=1S/C15H13ClO.C8H10N2O2.C2H6/c16-14-6-2-1-5-13(14)12-8-7-11-4-3-9-17-15(11)10-12;1-9-7-5-10-4-3-6(7)8(11)12-2;1-2/h1-2,5-8,10H,3-4,9H2;3-5,9H,1-2H3;1-2H3. The summed E-state index contributed by atoms with van der Waals surface area (Å²) < 4.78 is 10.3. The predicted octanol–water partition coefficient (Wildman–Crippen LogP) is 6.27. The summed E-state index contributed by atoms with van der Waals surface area (Å²) in [5.74, 6) is 0.649. The largest absolute Gasteiger partial charge is 0.493 e. The van der Waals surface area contributed by atoms with Crippen LogP contribution in [0.5, 0.6) is 5.75 Å². The van der Waals surface area contributed by atoms with Gasteiger partial charge in [0.15, 0.2) is 0 Å². The molecule has 0 spiro atoms. The Morgan fingerprint density at radius 1 is 1.16 bits per heavy atom. The number of esters is 1. The highest BCUT2D eigenvalue weighted by Crippen LogP contribution is 2.33. The van der Waals surface area contributed by atoms with Crippen LogP contribution in [0.15, 0.2) is 60.9 Å². The molecule has 164 valence electrons. The Morgan fingerprint density at radius 2 is 1.94 bits per heavy atom. The van der Waals surface area contributed by atoms with Gasteiger partial charge in [-0.1, -0.05) is 55.8 Å². The summed E-state index contributed by atoms with van der Waals surface area (Å²) in [6.07, 6.45) is 5.34. The van der Waals surface area contributed by atoms with Crippen LogP contribution in [-0.4, -0.2) is 31.7 Å². The molecule has 2 aromatic carbocycles. The average molecular weight is 441 g/mol. The lowest BCUT2D eigenvalue weighted by Crippen LogP contribution is -2.07. The number of pyridine rings is 1. The maximum absolute atomic E-state index is 11.1. The third-order valence-corrected chi connectivity index (χ3v) is 4.93. The summed E-state index contributed by atoms with van der Waals surface area (Å²) in [5.41, 5.74) is 4.65. The second kappa shape index (κ2) is 12.6. The first kappa shape index (κ1) is 24.2. The lowest BCUT2D eigenvalue weighted by Gasteiger charge is -2.18. The number of hydrogen-bond donors (Lipinski definition) is 1. The van der Waals surface area contributed by atoms with Crippen molar-refractivity contribution in [1.29, 1.82) is 0 Å². The van der Waals surface area contributed by atoms with Crippen LogP contribution in [0.1, 0.15) is 36.2 Å². The number of benzene rings is 2. The minimum atomic E-state index is -0.359. The highest BCUT2D eigenvalue weighted by Gasteiger charge is 2.12. The third-order valence-electron chi connectivity index (χ3n) is 4.60. The lowest BCUT2D eigenvalue weighted by atomic mass is 10.00. The zero-order valence-corrected chi connectivity index (χ0v) is 19.2. The highest BCUT2D eigenvalue weighted by atomic mass is 35.5. The van der Waals surface area contributed by atoms with Gasteiger partial charge < -0.3 is 14.8 Å².